The van der Waals surface area contributed by atoms with Crippen LogP contribution in [0, 0.1) is 17.7 Å². The molecule has 8 heteroatoms. The molecule has 1 aromatic rings. The third-order valence-corrected chi connectivity index (χ3v) is 3.23. The van der Waals surface area contributed by atoms with Crippen LogP contribution in [-0.2, 0) is 14.9 Å². The van der Waals surface area contributed by atoms with Crippen LogP contribution in [0.3, 0.4) is 0 Å². The van der Waals surface area contributed by atoms with Gasteiger partial charge in [0.1, 0.15) is 5.82 Å². The molecule has 6 nitrogen and oxygen atoms in total. The zero-order valence-corrected chi connectivity index (χ0v) is 11.8. The molecule has 0 unspecified atom stereocenters. The number of rotatable bonds is 6. The van der Waals surface area contributed by atoms with E-state index in [1.54, 1.807) is 0 Å². The van der Waals surface area contributed by atoms with Crippen molar-refractivity contribution in [2.24, 2.45) is 5.73 Å². The van der Waals surface area contributed by atoms with E-state index in [0.717, 1.165) is 6.07 Å². The molecule has 0 atom stereocenters. The van der Waals surface area contributed by atoms with Crippen LogP contribution >= 0.6 is 0 Å². The van der Waals surface area contributed by atoms with Crippen molar-refractivity contribution in [3.8, 4) is 11.8 Å². The van der Waals surface area contributed by atoms with Crippen molar-refractivity contribution < 1.29 is 17.5 Å². The molecule has 0 saturated carbocycles. The van der Waals surface area contributed by atoms with Gasteiger partial charge in [-0.2, -0.15) is 13.1 Å². The molecule has 0 aliphatic carbocycles. The van der Waals surface area contributed by atoms with E-state index in [4.69, 9.17) is 10.5 Å². The van der Waals surface area contributed by atoms with E-state index in [1.165, 1.54) is 19.2 Å². The fourth-order valence-electron chi connectivity index (χ4n) is 1.30. The lowest BCUT2D eigenvalue weighted by Gasteiger charge is -2.09. The standard InChI is InChI=1S/C12H16FN3O3S/c1-19-8-7-15-20(17,18)16-11-4-5-12(13)10(9-11)3-2-6-14/h4-5,9,15-16H,6-8,14H2,1H3. The van der Waals surface area contributed by atoms with E-state index >= 15 is 0 Å². The second kappa shape index (κ2) is 7.81. The zero-order valence-electron chi connectivity index (χ0n) is 10.9. The van der Waals surface area contributed by atoms with E-state index in [0.29, 0.717) is 0 Å². The first kappa shape index (κ1) is 16.4. The Balaban J connectivity index is 2.82. The first-order chi connectivity index (χ1) is 9.48. The molecule has 1 aromatic carbocycles. The number of hydrogen-bond donors (Lipinski definition) is 3. The molecule has 0 amide bonds. The smallest absolute Gasteiger partial charge is 0.299 e. The van der Waals surface area contributed by atoms with Gasteiger partial charge in [0.15, 0.2) is 0 Å². The fraction of sp³-hybridized carbons (Fsp3) is 0.333. The van der Waals surface area contributed by atoms with Crippen molar-refractivity contribution in [1.29, 1.82) is 0 Å². The maximum atomic E-state index is 13.4. The van der Waals surface area contributed by atoms with Crippen LogP contribution < -0.4 is 15.2 Å². The topological polar surface area (TPSA) is 93.4 Å². The highest BCUT2D eigenvalue weighted by Gasteiger charge is 2.10. The van der Waals surface area contributed by atoms with Crippen molar-refractivity contribution in [2.45, 2.75) is 0 Å². The molecule has 1 rings (SSSR count). The molecular formula is C12H16FN3O3S. The van der Waals surface area contributed by atoms with Crippen LogP contribution in [-0.4, -0.2) is 35.2 Å². The third kappa shape index (κ3) is 5.54. The summed E-state index contributed by atoms with van der Waals surface area (Å²) in [5.41, 5.74) is 5.49. The Labute approximate surface area is 117 Å². The highest BCUT2D eigenvalue weighted by Crippen LogP contribution is 2.14. The largest absolute Gasteiger partial charge is 0.383 e. The lowest BCUT2D eigenvalue weighted by molar-refractivity contribution is 0.204. The van der Waals surface area contributed by atoms with Crippen LogP contribution in [0.15, 0.2) is 18.2 Å². The lowest BCUT2D eigenvalue weighted by atomic mass is 10.2. The summed E-state index contributed by atoms with van der Waals surface area (Å²) < 4.78 is 46.0. The number of nitrogens with one attached hydrogen (secondary N) is 2. The average Bonchev–Trinajstić information content (AvgIpc) is 2.39. The average molecular weight is 301 g/mol. The number of hydrogen-bond acceptors (Lipinski definition) is 4. The van der Waals surface area contributed by atoms with E-state index in [1.807, 2.05) is 0 Å². The van der Waals surface area contributed by atoms with Crippen LogP contribution in [0.4, 0.5) is 10.1 Å². The summed E-state index contributed by atoms with van der Waals surface area (Å²) in [7, 11) is -2.27. The number of benzene rings is 1. The number of nitrogens with two attached hydrogens (primary N) is 1. The number of anilines is 1. The molecule has 0 aliphatic heterocycles. The summed E-state index contributed by atoms with van der Waals surface area (Å²) in [6, 6.07) is 3.74. The molecule has 0 fully saturated rings. The van der Waals surface area contributed by atoms with Crippen LogP contribution in [0.5, 0.6) is 0 Å². The van der Waals surface area contributed by atoms with Gasteiger partial charge in [-0.15, -0.1) is 0 Å². The summed E-state index contributed by atoms with van der Waals surface area (Å²) in [6.07, 6.45) is 0. The van der Waals surface area contributed by atoms with Crippen molar-refractivity contribution in [1.82, 2.24) is 4.72 Å². The van der Waals surface area contributed by atoms with Crippen LogP contribution in [0.25, 0.3) is 0 Å². The van der Waals surface area contributed by atoms with E-state index in [9.17, 15) is 12.8 Å². The monoisotopic (exact) mass is 301 g/mol. The quantitative estimate of drug-likeness (QED) is 0.510. The maximum Gasteiger partial charge on any atom is 0.299 e. The first-order valence-corrected chi connectivity index (χ1v) is 7.21. The van der Waals surface area contributed by atoms with E-state index in [-0.39, 0.29) is 30.9 Å². The normalized spacial score (nSPS) is 10.8. The summed E-state index contributed by atoms with van der Waals surface area (Å²) >= 11 is 0. The van der Waals surface area contributed by atoms with Gasteiger partial charge in [0.2, 0.25) is 0 Å². The van der Waals surface area contributed by atoms with Crippen molar-refractivity contribution in [3.63, 3.8) is 0 Å². The molecule has 0 aromatic heterocycles. The number of ether oxygens (including phenoxy) is 1. The van der Waals surface area contributed by atoms with Gasteiger partial charge in [-0.05, 0) is 18.2 Å². The molecular weight excluding hydrogens is 285 g/mol. The van der Waals surface area contributed by atoms with Gasteiger partial charge < -0.3 is 10.5 Å². The molecule has 0 saturated heterocycles. The van der Waals surface area contributed by atoms with Gasteiger partial charge >= 0.3 is 0 Å². The summed E-state index contributed by atoms with van der Waals surface area (Å²) in [4.78, 5) is 0. The van der Waals surface area contributed by atoms with E-state index < -0.39 is 16.0 Å². The molecule has 20 heavy (non-hydrogen) atoms. The molecule has 0 bridgehead atoms. The Morgan fingerprint density at radius 3 is 2.85 bits per heavy atom. The van der Waals surface area contributed by atoms with Crippen molar-refractivity contribution in [2.75, 3.05) is 31.5 Å². The minimum absolute atomic E-state index is 0.0764. The summed E-state index contributed by atoms with van der Waals surface area (Å²) in [5.74, 6) is 4.49. The van der Waals surface area contributed by atoms with Gasteiger partial charge in [0.05, 0.1) is 24.4 Å². The second-order valence-corrected chi connectivity index (χ2v) is 5.19. The fourth-order valence-corrected chi connectivity index (χ4v) is 2.16. The summed E-state index contributed by atoms with van der Waals surface area (Å²) in [5, 5.41) is 0. The lowest BCUT2D eigenvalue weighted by Crippen LogP contribution is -2.32. The van der Waals surface area contributed by atoms with Gasteiger partial charge in [-0.1, -0.05) is 11.8 Å². The predicted octanol–water partition coefficient (Wildman–Crippen LogP) is 0.0286. The SMILES string of the molecule is COCCNS(=O)(=O)Nc1ccc(F)c(C#CCN)c1. The Morgan fingerprint density at radius 1 is 1.45 bits per heavy atom. The van der Waals surface area contributed by atoms with Crippen molar-refractivity contribution >= 4 is 15.9 Å². The highest BCUT2D eigenvalue weighted by molar-refractivity contribution is 7.90. The molecule has 0 radical (unpaired) electrons. The Bertz CT molecular complexity index is 608. The van der Waals surface area contributed by atoms with Gasteiger partial charge in [-0.25, -0.2) is 4.39 Å². The molecule has 0 spiro atoms. The highest BCUT2D eigenvalue weighted by atomic mass is 32.2. The molecule has 110 valence electrons. The Hall–Kier alpha value is -1.66. The first-order valence-electron chi connectivity index (χ1n) is 5.73. The third-order valence-electron chi connectivity index (χ3n) is 2.14. The second-order valence-electron chi connectivity index (χ2n) is 3.69. The number of halogens is 1. The van der Waals surface area contributed by atoms with Gasteiger partial charge in [0.25, 0.3) is 10.2 Å². The van der Waals surface area contributed by atoms with Gasteiger partial charge in [0, 0.05) is 13.7 Å². The number of methoxy groups -OCH3 is 1. The van der Waals surface area contributed by atoms with Crippen LogP contribution in [0.2, 0.25) is 0 Å². The minimum Gasteiger partial charge on any atom is -0.383 e. The molecule has 0 aliphatic rings. The maximum absolute atomic E-state index is 13.4. The molecule has 4 N–H and O–H groups in total. The minimum atomic E-state index is -3.73. The van der Waals surface area contributed by atoms with Gasteiger partial charge in [-0.3, -0.25) is 4.72 Å². The van der Waals surface area contributed by atoms with E-state index in [2.05, 4.69) is 21.3 Å². The molecule has 0 heterocycles. The summed E-state index contributed by atoms with van der Waals surface area (Å²) in [6.45, 7) is 0.471. The van der Waals surface area contributed by atoms with Crippen LogP contribution in [0.1, 0.15) is 5.56 Å². The zero-order chi connectivity index (χ0) is 15.0. The Morgan fingerprint density at radius 2 is 2.20 bits per heavy atom. The Kier molecular flexibility index (Phi) is 6.41. The predicted molar refractivity (Wildman–Crippen MR) is 74.8 cm³/mol. The van der Waals surface area contributed by atoms with Crippen molar-refractivity contribution in [3.05, 3.63) is 29.6 Å².